The van der Waals surface area contributed by atoms with Crippen LogP contribution in [0, 0.1) is 17.8 Å². The Kier molecular flexibility index (Phi) is 4.35. The number of fused-ring (bicyclic) bond motifs is 2. The number of rotatable bonds is 6. The SMILES string of the molecule is C[C@H](NC(=O)CSc1n[nH]c(-c2ccco2)n1)[C@@H]1C[C@H]2CC[C@H]1C2. The van der Waals surface area contributed by atoms with E-state index >= 15 is 0 Å². The van der Waals surface area contributed by atoms with E-state index < -0.39 is 0 Å². The molecule has 4 atom stereocenters. The van der Waals surface area contributed by atoms with Crippen LogP contribution in [0.2, 0.25) is 0 Å². The lowest BCUT2D eigenvalue weighted by atomic mass is 9.84. The lowest BCUT2D eigenvalue weighted by Crippen LogP contribution is -2.40. The number of nitrogens with zero attached hydrogens (tertiary/aromatic N) is 2. The molecule has 0 radical (unpaired) electrons. The van der Waals surface area contributed by atoms with E-state index in [1.807, 2.05) is 6.07 Å². The Morgan fingerprint density at radius 1 is 1.50 bits per heavy atom. The molecule has 2 fully saturated rings. The third kappa shape index (κ3) is 3.22. The molecule has 4 rings (SSSR count). The summed E-state index contributed by atoms with van der Waals surface area (Å²) in [6.45, 7) is 2.15. The molecule has 0 aliphatic heterocycles. The second kappa shape index (κ2) is 6.63. The second-order valence-corrected chi connectivity index (χ2v) is 7.87. The highest BCUT2D eigenvalue weighted by atomic mass is 32.2. The van der Waals surface area contributed by atoms with Crippen molar-refractivity contribution in [2.75, 3.05) is 5.75 Å². The van der Waals surface area contributed by atoms with Gasteiger partial charge in [0.2, 0.25) is 11.1 Å². The van der Waals surface area contributed by atoms with Crippen LogP contribution in [0.4, 0.5) is 0 Å². The molecule has 2 aliphatic rings. The van der Waals surface area contributed by atoms with Crippen LogP contribution in [0.15, 0.2) is 28.0 Å². The van der Waals surface area contributed by atoms with Crippen LogP contribution in [0.5, 0.6) is 0 Å². The fourth-order valence-corrected chi connectivity index (χ4v) is 4.88. The molecule has 7 heteroatoms. The molecular weight excluding hydrogens is 324 g/mol. The molecule has 1 amide bonds. The maximum Gasteiger partial charge on any atom is 0.230 e. The van der Waals surface area contributed by atoms with Gasteiger partial charge in [-0.05, 0) is 56.1 Å². The average Bonchev–Trinajstić information content (AvgIpc) is 3.37. The number of hydrogen-bond donors (Lipinski definition) is 2. The lowest BCUT2D eigenvalue weighted by molar-refractivity contribution is -0.119. The molecule has 0 spiro atoms. The first kappa shape index (κ1) is 15.7. The first-order chi connectivity index (χ1) is 11.7. The Balaban J connectivity index is 1.26. The van der Waals surface area contributed by atoms with Gasteiger partial charge in [-0.2, -0.15) is 4.98 Å². The van der Waals surface area contributed by atoms with Crippen molar-refractivity contribution >= 4 is 17.7 Å². The van der Waals surface area contributed by atoms with E-state index in [9.17, 15) is 4.79 Å². The summed E-state index contributed by atoms with van der Waals surface area (Å²) in [7, 11) is 0. The van der Waals surface area contributed by atoms with Gasteiger partial charge in [0.25, 0.3) is 0 Å². The van der Waals surface area contributed by atoms with Gasteiger partial charge >= 0.3 is 0 Å². The number of nitrogens with one attached hydrogen (secondary N) is 2. The zero-order chi connectivity index (χ0) is 16.5. The first-order valence-corrected chi connectivity index (χ1v) is 9.56. The van der Waals surface area contributed by atoms with Gasteiger partial charge in [0.1, 0.15) is 0 Å². The topological polar surface area (TPSA) is 83.8 Å². The van der Waals surface area contributed by atoms with E-state index in [0.717, 1.165) is 11.8 Å². The average molecular weight is 346 g/mol. The van der Waals surface area contributed by atoms with Gasteiger partial charge in [0, 0.05) is 6.04 Å². The lowest BCUT2D eigenvalue weighted by Gasteiger charge is -2.28. The normalized spacial score (nSPS) is 26.6. The predicted molar refractivity (Wildman–Crippen MR) is 91.4 cm³/mol. The Hall–Kier alpha value is -1.76. The zero-order valence-corrected chi connectivity index (χ0v) is 14.5. The van der Waals surface area contributed by atoms with Gasteiger partial charge in [0.05, 0.1) is 12.0 Å². The van der Waals surface area contributed by atoms with Crippen molar-refractivity contribution in [3.05, 3.63) is 18.4 Å². The van der Waals surface area contributed by atoms with E-state index in [-0.39, 0.29) is 11.9 Å². The Bertz CT molecular complexity index is 699. The third-order valence-electron chi connectivity index (χ3n) is 5.38. The minimum absolute atomic E-state index is 0.0552. The number of carbonyl (C=O) groups is 1. The zero-order valence-electron chi connectivity index (χ0n) is 13.7. The summed E-state index contributed by atoms with van der Waals surface area (Å²) in [6.07, 6.45) is 6.98. The fraction of sp³-hybridized carbons (Fsp3) is 0.588. The van der Waals surface area contributed by atoms with Crippen molar-refractivity contribution in [3.8, 4) is 11.6 Å². The summed E-state index contributed by atoms with van der Waals surface area (Å²) < 4.78 is 5.27. The van der Waals surface area contributed by atoms with E-state index in [4.69, 9.17) is 4.42 Å². The van der Waals surface area contributed by atoms with Crippen LogP contribution in [0.1, 0.15) is 32.6 Å². The fourth-order valence-electron chi connectivity index (χ4n) is 4.27. The molecule has 0 aromatic carbocycles. The minimum atomic E-state index is 0.0552. The number of thioether (sulfide) groups is 1. The highest BCUT2D eigenvalue weighted by Crippen LogP contribution is 2.49. The maximum absolute atomic E-state index is 12.2. The molecule has 128 valence electrons. The van der Waals surface area contributed by atoms with E-state index in [1.54, 1.807) is 12.3 Å². The van der Waals surface area contributed by atoms with Crippen molar-refractivity contribution < 1.29 is 9.21 Å². The van der Waals surface area contributed by atoms with Crippen LogP contribution >= 0.6 is 11.8 Å². The van der Waals surface area contributed by atoms with Crippen molar-refractivity contribution in [1.29, 1.82) is 0 Å². The van der Waals surface area contributed by atoms with Gasteiger partial charge in [-0.1, -0.05) is 18.2 Å². The van der Waals surface area contributed by atoms with Gasteiger partial charge in [-0.3, -0.25) is 9.89 Å². The summed E-state index contributed by atoms with van der Waals surface area (Å²) in [6, 6.07) is 3.88. The molecule has 6 nitrogen and oxygen atoms in total. The molecule has 2 heterocycles. The highest BCUT2D eigenvalue weighted by Gasteiger charge is 2.42. The van der Waals surface area contributed by atoms with Crippen LogP contribution in [0.25, 0.3) is 11.6 Å². The third-order valence-corrected chi connectivity index (χ3v) is 6.22. The van der Waals surface area contributed by atoms with Gasteiger partial charge in [0.15, 0.2) is 11.6 Å². The van der Waals surface area contributed by atoms with Crippen molar-refractivity contribution in [2.45, 2.75) is 43.8 Å². The van der Waals surface area contributed by atoms with Crippen molar-refractivity contribution in [1.82, 2.24) is 20.5 Å². The maximum atomic E-state index is 12.2. The molecule has 2 aromatic rings. The van der Waals surface area contributed by atoms with Gasteiger partial charge < -0.3 is 9.73 Å². The van der Waals surface area contributed by atoms with E-state index in [1.165, 1.54) is 37.4 Å². The number of furan rings is 1. The number of hydrogen-bond acceptors (Lipinski definition) is 5. The van der Waals surface area contributed by atoms with Crippen molar-refractivity contribution in [3.63, 3.8) is 0 Å². The molecular formula is C17H22N4O2S. The number of aromatic nitrogens is 3. The van der Waals surface area contributed by atoms with Crippen molar-refractivity contribution in [2.24, 2.45) is 17.8 Å². The summed E-state index contributed by atoms with van der Waals surface area (Å²) in [5.41, 5.74) is 0. The van der Waals surface area contributed by atoms with Crippen LogP contribution in [-0.2, 0) is 4.79 Å². The molecule has 24 heavy (non-hydrogen) atoms. The van der Waals surface area contributed by atoms with E-state index in [0.29, 0.717) is 28.4 Å². The predicted octanol–water partition coefficient (Wildman–Crippen LogP) is 3.10. The van der Waals surface area contributed by atoms with Crippen LogP contribution in [0.3, 0.4) is 0 Å². The summed E-state index contributed by atoms with van der Waals surface area (Å²) in [4.78, 5) is 16.5. The van der Waals surface area contributed by atoms with Gasteiger partial charge in [-0.15, -0.1) is 5.10 Å². The first-order valence-electron chi connectivity index (χ1n) is 8.57. The number of H-pyrrole nitrogens is 1. The summed E-state index contributed by atoms with van der Waals surface area (Å²) in [5, 5.41) is 10.7. The highest BCUT2D eigenvalue weighted by molar-refractivity contribution is 7.99. The standard InChI is InChI=1S/C17H22N4O2S/c1-10(13-8-11-4-5-12(13)7-11)18-15(22)9-24-17-19-16(20-21-17)14-3-2-6-23-14/h2-3,6,10-13H,4-5,7-9H2,1H3,(H,18,22)(H,19,20,21)/t10-,11-,12-,13-/m0/s1. The molecule has 2 aromatic heterocycles. The summed E-state index contributed by atoms with van der Waals surface area (Å²) in [5.74, 6) is 4.00. The monoisotopic (exact) mass is 346 g/mol. The Morgan fingerprint density at radius 2 is 2.42 bits per heavy atom. The smallest absolute Gasteiger partial charge is 0.230 e. The molecule has 2 aliphatic carbocycles. The minimum Gasteiger partial charge on any atom is -0.461 e. The Labute approximate surface area is 145 Å². The largest absolute Gasteiger partial charge is 0.461 e. The van der Waals surface area contributed by atoms with Gasteiger partial charge in [-0.25, -0.2) is 0 Å². The molecule has 2 saturated carbocycles. The summed E-state index contributed by atoms with van der Waals surface area (Å²) >= 11 is 1.34. The molecule has 0 saturated heterocycles. The number of carbonyl (C=O) groups excluding carboxylic acids is 1. The van der Waals surface area contributed by atoms with E-state index in [2.05, 4.69) is 27.4 Å². The number of amides is 1. The molecule has 2 bridgehead atoms. The Morgan fingerprint density at radius 3 is 3.12 bits per heavy atom. The number of aromatic amines is 1. The molecule has 2 N–H and O–H groups in total. The van der Waals surface area contributed by atoms with Crippen LogP contribution in [-0.4, -0.2) is 32.9 Å². The van der Waals surface area contributed by atoms with Crippen LogP contribution < -0.4 is 5.32 Å². The second-order valence-electron chi connectivity index (χ2n) is 6.93. The quantitative estimate of drug-likeness (QED) is 0.785. The molecule has 0 unspecified atom stereocenters.